The summed E-state index contributed by atoms with van der Waals surface area (Å²) in [7, 11) is 0. The zero-order chi connectivity index (χ0) is 32.1. The fourth-order valence-electron chi connectivity index (χ4n) is 5.12. The second kappa shape index (κ2) is 17.6. The maximum atomic E-state index is 14.0. The van der Waals surface area contributed by atoms with E-state index in [1.165, 1.54) is 10.9 Å². The number of benzene rings is 2. The highest BCUT2D eigenvalue weighted by atomic mass is 32.1. The Morgan fingerprint density at radius 3 is 2.30 bits per heavy atom. The smallest absolute Gasteiger partial charge is 0.253 e. The van der Waals surface area contributed by atoms with E-state index in [1.54, 1.807) is 35.3 Å². The number of amides is 3. The summed E-state index contributed by atoms with van der Waals surface area (Å²) >= 11 is 1.65. The fourth-order valence-corrected chi connectivity index (χ4v) is 5.87. The highest BCUT2D eigenvalue weighted by Crippen LogP contribution is 2.17. The molecule has 3 N–H and O–H groups in total. The quantitative estimate of drug-likeness (QED) is 0.176. The van der Waals surface area contributed by atoms with Gasteiger partial charge in [0.25, 0.3) is 11.8 Å². The first kappa shape index (κ1) is 34.9. The van der Waals surface area contributed by atoms with Crippen molar-refractivity contribution in [1.29, 1.82) is 0 Å². The zero-order valence-electron chi connectivity index (χ0n) is 25.7. The Labute approximate surface area is 262 Å². The Bertz CT molecular complexity index is 1360. The van der Waals surface area contributed by atoms with Crippen LogP contribution in [0.5, 0.6) is 0 Å². The largest absolute Gasteiger partial charge is 0.391 e. The summed E-state index contributed by atoms with van der Waals surface area (Å²) in [6.45, 7) is 7.16. The number of aliphatic hydroxyl groups is 1. The molecule has 44 heavy (non-hydrogen) atoms. The van der Waals surface area contributed by atoms with Crippen LogP contribution in [0.4, 0.5) is 8.78 Å². The molecule has 0 spiro atoms. The summed E-state index contributed by atoms with van der Waals surface area (Å²) in [5, 5.41) is 18.7. The van der Waals surface area contributed by atoms with Crippen molar-refractivity contribution in [1.82, 2.24) is 15.5 Å². The van der Waals surface area contributed by atoms with E-state index in [9.17, 15) is 28.3 Å². The van der Waals surface area contributed by atoms with Gasteiger partial charge in [-0.2, -0.15) is 0 Å². The topological polar surface area (TPSA) is 98.7 Å². The standard InChI is InChI=1S/C34H43F2N3O4S/c1-4-13-39(14-5-2)34(43)26-17-23(3)16-25(21-26)33(42)38-30(20-24-18-27(35)22-28(36)19-24)31(40)11-12-37-32(41)10-6-8-29-9-7-15-44-29/h7,9,15-19,21-22,30-31,40H,4-6,8,10-14,20H2,1-3H3,(H,37,41)(H,38,42)/t30-,31+/m0/s1. The SMILES string of the molecule is CCCN(CCC)C(=O)c1cc(C)cc(C(=O)N[C@@H](Cc2cc(F)cc(F)c2)[C@H](O)CCNC(=O)CCCc2cccs2)c1. The minimum atomic E-state index is -1.13. The summed E-state index contributed by atoms with van der Waals surface area (Å²) in [5.41, 5.74) is 1.62. The van der Waals surface area contributed by atoms with Crippen LogP contribution in [0.3, 0.4) is 0 Å². The van der Waals surface area contributed by atoms with Gasteiger partial charge in [-0.3, -0.25) is 14.4 Å². The van der Waals surface area contributed by atoms with Crippen LogP contribution in [-0.4, -0.2) is 59.5 Å². The van der Waals surface area contributed by atoms with Crippen molar-refractivity contribution in [3.05, 3.63) is 92.7 Å². The molecule has 3 amide bonds. The van der Waals surface area contributed by atoms with Crippen molar-refractivity contribution in [2.45, 2.75) is 77.9 Å². The van der Waals surface area contributed by atoms with Crippen LogP contribution in [0.1, 0.15) is 82.7 Å². The number of thiophene rings is 1. The van der Waals surface area contributed by atoms with Gasteiger partial charge in [0.1, 0.15) is 11.6 Å². The number of hydrogen-bond donors (Lipinski definition) is 3. The van der Waals surface area contributed by atoms with Gasteiger partial charge in [-0.05, 0) is 98.4 Å². The van der Waals surface area contributed by atoms with E-state index in [0.717, 1.165) is 43.0 Å². The number of nitrogens with one attached hydrogen (secondary N) is 2. The van der Waals surface area contributed by atoms with Crippen LogP contribution < -0.4 is 10.6 Å². The average Bonchev–Trinajstić information content (AvgIpc) is 3.49. The van der Waals surface area contributed by atoms with Gasteiger partial charge in [0, 0.05) is 48.1 Å². The lowest BCUT2D eigenvalue weighted by atomic mass is 9.97. The minimum absolute atomic E-state index is 0.0469. The molecular formula is C34H43F2N3O4S. The molecule has 238 valence electrons. The van der Waals surface area contributed by atoms with Gasteiger partial charge in [-0.15, -0.1) is 11.3 Å². The molecule has 0 bridgehead atoms. The van der Waals surface area contributed by atoms with Gasteiger partial charge in [-0.25, -0.2) is 8.78 Å². The molecule has 0 fully saturated rings. The third-order valence-corrected chi connectivity index (χ3v) is 8.13. The first-order valence-corrected chi connectivity index (χ1v) is 16.1. The van der Waals surface area contributed by atoms with Gasteiger partial charge in [0.2, 0.25) is 5.91 Å². The van der Waals surface area contributed by atoms with Crippen molar-refractivity contribution >= 4 is 29.1 Å². The number of halogens is 2. The van der Waals surface area contributed by atoms with E-state index in [2.05, 4.69) is 10.6 Å². The molecule has 0 aliphatic rings. The van der Waals surface area contributed by atoms with E-state index in [-0.39, 0.29) is 42.3 Å². The molecule has 0 radical (unpaired) electrons. The van der Waals surface area contributed by atoms with Gasteiger partial charge in [0.15, 0.2) is 0 Å². The van der Waals surface area contributed by atoms with Gasteiger partial charge in [-0.1, -0.05) is 19.9 Å². The van der Waals surface area contributed by atoms with E-state index < -0.39 is 29.7 Å². The number of carbonyl (C=O) groups is 3. The maximum Gasteiger partial charge on any atom is 0.253 e. The molecule has 1 heterocycles. The Morgan fingerprint density at radius 2 is 1.66 bits per heavy atom. The third-order valence-electron chi connectivity index (χ3n) is 7.19. The molecule has 0 aliphatic heterocycles. The lowest BCUT2D eigenvalue weighted by molar-refractivity contribution is -0.121. The van der Waals surface area contributed by atoms with E-state index >= 15 is 0 Å². The molecule has 0 unspecified atom stereocenters. The summed E-state index contributed by atoms with van der Waals surface area (Å²) in [4.78, 5) is 42.0. The van der Waals surface area contributed by atoms with Crippen molar-refractivity contribution in [2.75, 3.05) is 19.6 Å². The predicted molar refractivity (Wildman–Crippen MR) is 170 cm³/mol. The minimum Gasteiger partial charge on any atom is -0.391 e. The molecule has 3 rings (SSSR count). The Kier molecular flexibility index (Phi) is 14.0. The third kappa shape index (κ3) is 11.1. The molecular weight excluding hydrogens is 584 g/mol. The summed E-state index contributed by atoms with van der Waals surface area (Å²) in [5.74, 6) is -2.36. The molecule has 10 heteroatoms. The number of nitrogens with zero attached hydrogens (tertiary/aromatic N) is 1. The van der Waals surface area contributed by atoms with Crippen molar-refractivity contribution in [2.24, 2.45) is 0 Å². The molecule has 0 aliphatic carbocycles. The van der Waals surface area contributed by atoms with E-state index in [1.807, 2.05) is 31.4 Å². The molecule has 1 aromatic heterocycles. The highest BCUT2D eigenvalue weighted by molar-refractivity contribution is 7.09. The molecule has 7 nitrogen and oxygen atoms in total. The fraction of sp³-hybridized carbons (Fsp3) is 0.441. The van der Waals surface area contributed by atoms with Crippen LogP contribution in [0, 0.1) is 18.6 Å². The monoisotopic (exact) mass is 627 g/mol. The van der Waals surface area contributed by atoms with Crippen molar-refractivity contribution < 1.29 is 28.3 Å². The summed E-state index contributed by atoms with van der Waals surface area (Å²) in [6.07, 6.45) is 2.41. The lowest BCUT2D eigenvalue weighted by Gasteiger charge is -2.25. The molecule has 3 aromatic rings. The van der Waals surface area contributed by atoms with Crippen LogP contribution in [-0.2, 0) is 17.6 Å². The molecule has 0 saturated heterocycles. The van der Waals surface area contributed by atoms with E-state index in [4.69, 9.17) is 0 Å². The normalized spacial score (nSPS) is 12.4. The molecule has 0 saturated carbocycles. The van der Waals surface area contributed by atoms with Gasteiger partial charge >= 0.3 is 0 Å². The Morgan fingerprint density at radius 1 is 0.977 bits per heavy atom. The number of rotatable bonds is 17. The average molecular weight is 628 g/mol. The molecule has 2 atom stereocenters. The highest BCUT2D eigenvalue weighted by Gasteiger charge is 2.24. The summed E-state index contributed by atoms with van der Waals surface area (Å²) < 4.78 is 27.9. The number of hydrogen-bond acceptors (Lipinski definition) is 5. The Balaban J connectivity index is 1.70. The van der Waals surface area contributed by atoms with Crippen LogP contribution >= 0.6 is 11.3 Å². The molecule has 2 aromatic carbocycles. The predicted octanol–water partition coefficient (Wildman–Crippen LogP) is 5.83. The number of aliphatic hydroxyl groups excluding tert-OH is 1. The zero-order valence-corrected chi connectivity index (χ0v) is 26.5. The van der Waals surface area contributed by atoms with Crippen LogP contribution in [0.2, 0.25) is 0 Å². The Hall–Kier alpha value is -3.63. The van der Waals surface area contributed by atoms with Gasteiger partial charge in [0.05, 0.1) is 12.1 Å². The van der Waals surface area contributed by atoms with Gasteiger partial charge < -0.3 is 20.6 Å². The first-order chi connectivity index (χ1) is 21.1. The first-order valence-electron chi connectivity index (χ1n) is 15.2. The summed E-state index contributed by atoms with van der Waals surface area (Å²) in [6, 6.07) is 11.1. The second-order valence-electron chi connectivity index (χ2n) is 11.1. The number of carbonyl (C=O) groups excluding carboxylic acids is 3. The van der Waals surface area contributed by atoms with Crippen molar-refractivity contribution in [3.8, 4) is 0 Å². The van der Waals surface area contributed by atoms with Crippen molar-refractivity contribution in [3.63, 3.8) is 0 Å². The van der Waals surface area contributed by atoms with Crippen LogP contribution in [0.25, 0.3) is 0 Å². The number of aryl methyl sites for hydroxylation is 2. The van der Waals surface area contributed by atoms with Crippen LogP contribution in [0.15, 0.2) is 53.9 Å². The lowest BCUT2D eigenvalue weighted by Crippen LogP contribution is -2.46. The maximum absolute atomic E-state index is 14.0. The van der Waals surface area contributed by atoms with E-state index in [0.29, 0.717) is 31.5 Å². The second-order valence-corrected chi connectivity index (χ2v) is 12.1.